The van der Waals surface area contributed by atoms with Crippen LogP contribution in [0.15, 0.2) is 23.7 Å². The Hall–Kier alpha value is -1.09. The minimum atomic E-state index is 0.120. The Morgan fingerprint density at radius 2 is 2.27 bits per heavy atom. The van der Waals surface area contributed by atoms with Crippen molar-refractivity contribution >= 4 is 5.78 Å². The second kappa shape index (κ2) is 2.88. The van der Waals surface area contributed by atoms with E-state index in [0.717, 1.165) is 16.3 Å². The molecule has 2 N–H and O–H groups in total. The van der Waals surface area contributed by atoms with Gasteiger partial charge in [-0.1, -0.05) is 0 Å². The van der Waals surface area contributed by atoms with Gasteiger partial charge in [-0.2, -0.15) is 0 Å². The zero-order valence-electron chi connectivity index (χ0n) is 7.06. The third kappa shape index (κ3) is 1.49. The zero-order valence-corrected chi connectivity index (χ0v) is 7.06. The molecule has 1 heterocycles. The van der Waals surface area contributed by atoms with Gasteiger partial charge in [0.1, 0.15) is 6.20 Å². The number of allylic oxidation sites excluding steroid dienone is 2. The molecule has 60 valence electrons. The lowest BCUT2D eigenvalue weighted by molar-refractivity contribution is -0.782. The monoisotopic (exact) mass is 153 g/mol. The van der Waals surface area contributed by atoms with Crippen LogP contribution in [0.1, 0.15) is 6.92 Å². The van der Waals surface area contributed by atoms with E-state index in [1.165, 1.54) is 0 Å². The van der Waals surface area contributed by atoms with Gasteiger partial charge in [-0.25, -0.2) is 0 Å². The van der Waals surface area contributed by atoms with Crippen LogP contribution in [-0.2, 0) is 4.79 Å². The lowest BCUT2D eigenvalue weighted by Gasteiger charge is -2.04. The second-order valence-electron chi connectivity index (χ2n) is 2.65. The fourth-order valence-corrected chi connectivity index (χ4v) is 1.09. The third-order valence-electron chi connectivity index (χ3n) is 1.77. The van der Waals surface area contributed by atoms with Crippen molar-refractivity contribution in [3.8, 4) is 0 Å². The molecule has 1 rings (SSSR count). The van der Waals surface area contributed by atoms with Crippen molar-refractivity contribution in [1.82, 2.24) is 5.32 Å². The molecule has 1 aliphatic heterocycles. The van der Waals surface area contributed by atoms with E-state index in [1.54, 1.807) is 6.92 Å². The van der Waals surface area contributed by atoms with E-state index in [1.807, 2.05) is 26.4 Å². The lowest BCUT2D eigenvalue weighted by Crippen LogP contribution is -3.02. The van der Waals surface area contributed by atoms with E-state index in [0.29, 0.717) is 0 Å². The predicted molar refractivity (Wildman–Crippen MR) is 42.8 cm³/mol. The molecule has 0 fully saturated rings. The van der Waals surface area contributed by atoms with Gasteiger partial charge >= 0.3 is 0 Å². The molecule has 0 aromatic rings. The zero-order chi connectivity index (χ0) is 8.43. The lowest BCUT2D eigenvalue weighted by atomic mass is 10.2. The summed E-state index contributed by atoms with van der Waals surface area (Å²) in [6.45, 7) is 1.58. The van der Waals surface area contributed by atoms with Crippen LogP contribution >= 0.6 is 0 Å². The van der Waals surface area contributed by atoms with Crippen molar-refractivity contribution in [3.63, 3.8) is 0 Å². The summed E-state index contributed by atoms with van der Waals surface area (Å²) >= 11 is 0. The van der Waals surface area contributed by atoms with E-state index in [4.69, 9.17) is 0 Å². The van der Waals surface area contributed by atoms with Gasteiger partial charge in [-0.05, 0) is 6.92 Å². The molecule has 0 saturated carbocycles. The van der Waals surface area contributed by atoms with E-state index in [2.05, 4.69) is 5.32 Å². The number of carbonyl (C=O) groups excluding carboxylic acids is 1. The molecule has 1 unspecified atom stereocenters. The highest BCUT2D eigenvalue weighted by Gasteiger charge is 2.18. The number of hydrogen-bond acceptors (Lipinski definition) is 2. The molecule has 1 atom stereocenters. The predicted octanol–water partition coefficient (Wildman–Crippen LogP) is -0.952. The number of nitrogens with one attached hydrogen (secondary N) is 2. The Balaban J connectivity index is 2.82. The first kappa shape index (κ1) is 8.01. The van der Waals surface area contributed by atoms with Crippen molar-refractivity contribution in [2.45, 2.75) is 6.92 Å². The van der Waals surface area contributed by atoms with Crippen molar-refractivity contribution in [3.05, 3.63) is 23.7 Å². The minimum absolute atomic E-state index is 0.120. The molecule has 11 heavy (non-hydrogen) atoms. The first-order chi connectivity index (χ1) is 5.15. The number of carbonyl (C=O) groups is 1. The Labute approximate surface area is 66.4 Å². The largest absolute Gasteiger partial charge is 0.344 e. The highest BCUT2D eigenvalue weighted by Crippen LogP contribution is 2.01. The van der Waals surface area contributed by atoms with Crippen LogP contribution in [0.2, 0.25) is 0 Å². The molecule has 0 radical (unpaired) electrons. The summed E-state index contributed by atoms with van der Waals surface area (Å²) in [5.41, 5.74) is 0.784. The van der Waals surface area contributed by atoms with Crippen LogP contribution in [0.4, 0.5) is 0 Å². The molecule has 0 saturated heterocycles. The Kier molecular flexibility index (Phi) is 2.10. The molecule has 0 aromatic heterocycles. The summed E-state index contributed by atoms with van der Waals surface area (Å²) in [5, 5.41) is 3.02. The Morgan fingerprint density at radius 1 is 1.64 bits per heavy atom. The van der Waals surface area contributed by atoms with Crippen molar-refractivity contribution in [1.29, 1.82) is 0 Å². The van der Waals surface area contributed by atoms with E-state index in [9.17, 15) is 4.79 Å². The molecular formula is C8H13N2O+. The van der Waals surface area contributed by atoms with Crippen molar-refractivity contribution in [2.75, 3.05) is 14.1 Å². The van der Waals surface area contributed by atoms with Crippen LogP contribution in [0.5, 0.6) is 0 Å². The van der Waals surface area contributed by atoms with E-state index in [-0.39, 0.29) is 5.78 Å². The van der Waals surface area contributed by atoms with Gasteiger partial charge in [0.05, 0.1) is 12.6 Å². The number of rotatable bonds is 2. The summed E-state index contributed by atoms with van der Waals surface area (Å²) in [4.78, 5) is 12.0. The summed E-state index contributed by atoms with van der Waals surface area (Å²) in [7, 11) is 3.84. The molecule has 1 aliphatic rings. The number of ketones is 1. The minimum Gasteiger partial charge on any atom is -0.344 e. The van der Waals surface area contributed by atoms with Gasteiger partial charge in [-0.15, -0.1) is 0 Å². The summed E-state index contributed by atoms with van der Waals surface area (Å²) in [6.07, 6.45) is 3.77. The van der Waals surface area contributed by atoms with Gasteiger partial charge in [0.15, 0.2) is 5.78 Å². The van der Waals surface area contributed by atoms with E-state index < -0.39 is 0 Å². The van der Waals surface area contributed by atoms with Gasteiger partial charge in [-0.3, -0.25) is 9.69 Å². The highest BCUT2D eigenvalue weighted by atomic mass is 16.1. The van der Waals surface area contributed by atoms with Gasteiger partial charge in [0.25, 0.3) is 0 Å². The quantitative estimate of drug-likeness (QED) is 0.536. The second-order valence-corrected chi connectivity index (χ2v) is 2.65. The van der Waals surface area contributed by atoms with Gasteiger partial charge < -0.3 is 5.32 Å². The SMILES string of the molecule is CNC1=CC(C(C)=O)=C[NH+]1C. The number of hydrogen-bond donors (Lipinski definition) is 2. The molecule has 3 heteroatoms. The standard InChI is InChI=1S/C8H12N2O/c1-6(11)7-4-8(9-2)10(3)5-7/h4-5,9H,1-3H3/p+1. The molecule has 0 bridgehead atoms. The van der Waals surface area contributed by atoms with Gasteiger partial charge in [0.2, 0.25) is 5.82 Å². The van der Waals surface area contributed by atoms with Crippen LogP contribution in [0.3, 0.4) is 0 Å². The summed E-state index contributed by atoms with van der Waals surface area (Å²) < 4.78 is 0. The van der Waals surface area contributed by atoms with Crippen molar-refractivity contribution in [2.24, 2.45) is 0 Å². The maximum atomic E-state index is 10.9. The van der Waals surface area contributed by atoms with Crippen LogP contribution < -0.4 is 10.2 Å². The first-order valence-corrected chi connectivity index (χ1v) is 3.61. The topological polar surface area (TPSA) is 33.5 Å². The van der Waals surface area contributed by atoms with E-state index >= 15 is 0 Å². The maximum Gasteiger partial charge on any atom is 0.204 e. The Morgan fingerprint density at radius 3 is 2.55 bits per heavy atom. The molecular weight excluding hydrogens is 140 g/mol. The van der Waals surface area contributed by atoms with Gasteiger partial charge in [0, 0.05) is 13.1 Å². The fourth-order valence-electron chi connectivity index (χ4n) is 1.09. The number of Topliss-reactive ketones (excluding diaryl/α,β-unsaturated/α-hetero) is 1. The van der Waals surface area contributed by atoms with Crippen LogP contribution in [0, 0.1) is 0 Å². The fraction of sp³-hybridized carbons (Fsp3) is 0.375. The Bertz CT molecular complexity index is 240. The third-order valence-corrected chi connectivity index (χ3v) is 1.77. The van der Waals surface area contributed by atoms with Crippen LogP contribution in [-0.4, -0.2) is 19.9 Å². The number of quaternary nitrogens is 1. The molecule has 0 spiro atoms. The molecule has 0 amide bonds. The smallest absolute Gasteiger partial charge is 0.204 e. The highest BCUT2D eigenvalue weighted by molar-refractivity contribution is 5.96. The molecule has 3 nitrogen and oxygen atoms in total. The molecule has 0 aliphatic carbocycles. The average Bonchev–Trinajstić information content (AvgIpc) is 2.31. The van der Waals surface area contributed by atoms with Crippen LogP contribution in [0.25, 0.3) is 0 Å². The normalized spacial score (nSPS) is 22.6. The molecule has 0 aromatic carbocycles. The average molecular weight is 153 g/mol. The maximum absolute atomic E-state index is 10.9. The first-order valence-electron chi connectivity index (χ1n) is 3.61. The summed E-state index contributed by atoms with van der Waals surface area (Å²) in [6, 6.07) is 0. The van der Waals surface area contributed by atoms with Crippen molar-refractivity contribution < 1.29 is 9.69 Å². The summed E-state index contributed by atoms with van der Waals surface area (Å²) in [5.74, 6) is 1.16.